The number of aryl methyl sites for hydroxylation is 1. The minimum absolute atomic E-state index is 0.355. The first-order valence-electron chi connectivity index (χ1n) is 11.6. The van der Waals surface area contributed by atoms with E-state index in [1.807, 2.05) is 0 Å². The number of nitrogens with zero attached hydrogens (tertiary/aromatic N) is 2. The van der Waals surface area contributed by atoms with E-state index in [1.165, 1.54) is 69.7 Å². The quantitative estimate of drug-likeness (QED) is 0.849. The second-order valence-corrected chi connectivity index (χ2v) is 9.89. The Morgan fingerprint density at radius 2 is 1.76 bits per heavy atom. The van der Waals surface area contributed by atoms with Crippen molar-refractivity contribution in [3.63, 3.8) is 0 Å². The predicted octanol–water partition coefficient (Wildman–Crippen LogP) is 3.65. The fourth-order valence-electron chi connectivity index (χ4n) is 7.12. The number of nitrogens with one attached hydrogen (secondary N) is 1. The summed E-state index contributed by atoms with van der Waals surface area (Å²) >= 11 is 0. The van der Waals surface area contributed by atoms with Crippen molar-refractivity contribution in [2.24, 2.45) is 11.8 Å². The van der Waals surface area contributed by atoms with E-state index < -0.39 is 0 Å². The summed E-state index contributed by atoms with van der Waals surface area (Å²) in [5.74, 6) is 1.63. The summed E-state index contributed by atoms with van der Waals surface area (Å²) in [4.78, 5) is 5.64. The van der Waals surface area contributed by atoms with Gasteiger partial charge >= 0.3 is 0 Å². The van der Waals surface area contributed by atoms with Gasteiger partial charge in [-0.3, -0.25) is 4.90 Å². The molecule has 0 radical (unpaired) electrons. The van der Waals surface area contributed by atoms with Crippen molar-refractivity contribution in [3.05, 3.63) is 65.2 Å². The van der Waals surface area contributed by atoms with Crippen molar-refractivity contribution >= 4 is 5.69 Å². The molecule has 3 unspecified atom stereocenters. The molecule has 0 bridgehead atoms. The molecule has 4 aliphatic rings. The highest BCUT2D eigenvalue weighted by Gasteiger charge is 2.56. The third-order valence-electron chi connectivity index (χ3n) is 8.64. The average molecular weight is 388 g/mol. The number of anilines is 1. The van der Waals surface area contributed by atoms with Gasteiger partial charge < -0.3 is 10.2 Å². The monoisotopic (exact) mass is 387 g/mol. The summed E-state index contributed by atoms with van der Waals surface area (Å²) < 4.78 is 0. The number of benzene rings is 2. The Labute approximate surface area is 175 Å². The highest BCUT2D eigenvalue weighted by atomic mass is 15.3. The van der Waals surface area contributed by atoms with E-state index >= 15 is 0 Å². The summed E-state index contributed by atoms with van der Waals surface area (Å²) in [6.07, 6.45) is 5.14. The zero-order valence-electron chi connectivity index (χ0n) is 17.6. The van der Waals surface area contributed by atoms with Crippen molar-refractivity contribution in [1.82, 2.24) is 10.2 Å². The molecule has 3 aliphatic heterocycles. The van der Waals surface area contributed by atoms with E-state index in [9.17, 15) is 0 Å². The van der Waals surface area contributed by atoms with Gasteiger partial charge in [0, 0.05) is 55.9 Å². The Kier molecular flexibility index (Phi) is 4.25. The third-order valence-corrected chi connectivity index (χ3v) is 8.64. The van der Waals surface area contributed by atoms with Gasteiger partial charge in [0.15, 0.2) is 0 Å². The molecule has 1 spiro atoms. The molecule has 3 atom stereocenters. The van der Waals surface area contributed by atoms with Gasteiger partial charge in [0.1, 0.15) is 0 Å². The lowest BCUT2D eigenvalue weighted by Crippen LogP contribution is -2.58. The molecule has 2 aromatic carbocycles. The predicted molar refractivity (Wildman–Crippen MR) is 120 cm³/mol. The smallest absolute Gasteiger partial charge is 0.0470 e. The fraction of sp³-hybridized carbons (Fsp3) is 0.538. The Balaban J connectivity index is 1.23. The molecule has 3 fully saturated rings. The van der Waals surface area contributed by atoms with Crippen LogP contribution in [-0.2, 0) is 12.8 Å². The minimum Gasteiger partial charge on any atom is -0.365 e. The summed E-state index contributed by atoms with van der Waals surface area (Å²) in [6, 6.07) is 18.8. The largest absolute Gasteiger partial charge is 0.365 e. The summed E-state index contributed by atoms with van der Waals surface area (Å²) in [5, 5.41) is 3.71. The summed E-state index contributed by atoms with van der Waals surface area (Å²) in [6.45, 7) is 8.44. The van der Waals surface area contributed by atoms with Crippen molar-refractivity contribution in [1.29, 1.82) is 0 Å². The zero-order valence-corrected chi connectivity index (χ0v) is 17.6. The van der Waals surface area contributed by atoms with E-state index in [4.69, 9.17) is 0 Å². The number of fused-ring (bicyclic) bond motifs is 3. The summed E-state index contributed by atoms with van der Waals surface area (Å²) in [5.41, 5.74) is 6.52. The molecule has 6 rings (SSSR count). The lowest BCUT2D eigenvalue weighted by atomic mass is 9.74. The van der Waals surface area contributed by atoms with Crippen molar-refractivity contribution in [2.75, 3.05) is 37.6 Å². The number of likely N-dealkylation sites (tertiary alicyclic amines) is 1. The van der Waals surface area contributed by atoms with Gasteiger partial charge in [0.25, 0.3) is 0 Å². The topological polar surface area (TPSA) is 18.5 Å². The van der Waals surface area contributed by atoms with Crippen LogP contribution in [0.15, 0.2) is 48.5 Å². The maximum Gasteiger partial charge on any atom is 0.0470 e. The highest BCUT2D eigenvalue weighted by molar-refractivity contribution is 5.52. The number of piperidine rings is 1. The molecule has 3 nitrogen and oxygen atoms in total. The number of rotatable bonds is 2. The van der Waals surface area contributed by atoms with E-state index in [2.05, 4.69) is 70.6 Å². The first kappa shape index (κ1) is 18.0. The molecule has 1 aliphatic carbocycles. The van der Waals surface area contributed by atoms with Crippen LogP contribution in [-0.4, -0.2) is 49.2 Å². The van der Waals surface area contributed by atoms with E-state index in [-0.39, 0.29) is 0 Å². The molecular formula is C26H33N3. The molecule has 29 heavy (non-hydrogen) atoms. The second-order valence-electron chi connectivity index (χ2n) is 9.89. The first-order chi connectivity index (χ1) is 14.2. The van der Waals surface area contributed by atoms with Crippen LogP contribution in [0.25, 0.3) is 0 Å². The van der Waals surface area contributed by atoms with Gasteiger partial charge in [-0.15, -0.1) is 0 Å². The SMILES string of the molecule is Cc1cccc2c1CC(N1CCC3(CC1)C1CNCC1CN3c1ccccc1)C2. The zero-order chi connectivity index (χ0) is 19.4. The van der Waals surface area contributed by atoms with Gasteiger partial charge in [-0.1, -0.05) is 36.4 Å². The van der Waals surface area contributed by atoms with Crippen LogP contribution in [0.5, 0.6) is 0 Å². The highest BCUT2D eigenvalue weighted by Crippen LogP contribution is 2.49. The standard InChI is InChI=1S/C26H33N3/c1-19-6-5-7-20-14-23(15-24(19)20)28-12-10-26(11-13-28)25-17-27-16-21(25)18-29(26)22-8-3-2-4-9-22/h2-9,21,23,25,27H,10-18H2,1H3. The molecule has 0 aromatic heterocycles. The number of hydrogen-bond donors (Lipinski definition) is 1. The van der Waals surface area contributed by atoms with Crippen LogP contribution in [0.1, 0.15) is 29.5 Å². The van der Waals surface area contributed by atoms with Crippen molar-refractivity contribution < 1.29 is 0 Å². The number of para-hydroxylation sites is 1. The number of hydrogen-bond acceptors (Lipinski definition) is 3. The maximum atomic E-state index is 3.71. The van der Waals surface area contributed by atoms with Crippen LogP contribution in [0.4, 0.5) is 5.69 Å². The molecule has 0 saturated carbocycles. The van der Waals surface area contributed by atoms with Gasteiger partial charge in [0.05, 0.1) is 0 Å². The van der Waals surface area contributed by atoms with Crippen molar-refractivity contribution in [2.45, 2.75) is 44.2 Å². The van der Waals surface area contributed by atoms with Crippen LogP contribution in [0.2, 0.25) is 0 Å². The Morgan fingerprint density at radius 1 is 0.931 bits per heavy atom. The Morgan fingerprint density at radius 3 is 2.55 bits per heavy atom. The molecular weight excluding hydrogens is 354 g/mol. The average Bonchev–Trinajstić information content (AvgIpc) is 3.46. The molecule has 3 heteroatoms. The molecule has 2 aromatic rings. The lowest BCUT2D eigenvalue weighted by molar-refractivity contribution is 0.0990. The van der Waals surface area contributed by atoms with Crippen molar-refractivity contribution in [3.8, 4) is 0 Å². The molecule has 3 heterocycles. The third kappa shape index (κ3) is 2.78. The fourth-order valence-corrected chi connectivity index (χ4v) is 7.12. The van der Waals surface area contributed by atoms with Crippen LogP contribution in [0, 0.1) is 18.8 Å². The molecule has 3 saturated heterocycles. The molecule has 0 amide bonds. The lowest BCUT2D eigenvalue weighted by Gasteiger charge is -2.50. The van der Waals surface area contributed by atoms with Crippen LogP contribution >= 0.6 is 0 Å². The molecule has 1 N–H and O–H groups in total. The molecule has 152 valence electrons. The van der Waals surface area contributed by atoms with Crippen LogP contribution < -0.4 is 10.2 Å². The van der Waals surface area contributed by atoms with Gasteiger partial charge in [-0.25, -0.2) is 0 Å². The Hall–Kier alpha value is -1.84. The van der Waals surface area contributed by atoms with Gasteiger partial charge in [-0.05, 0) is 67.3 Å². The maximum absolute atomic E-state index is 3.71. The van der Waals surface area contributed by atoms with E-state index in [1.54, 1.807) is 11.1 Å². The van der Waals surface area contributed by atoms with E-state index in [0.29, 0.717) is 11.6 Å². The van der Waals surface area contributed by atoms with E-state index in [0.717, 1.165) is 11.8 Å². The summed E-state index contributed by atoms with van der Waals surface area (Å²) in [7, 11) is 0. The first-order valence-corrected chi connectivity index (χ1v) is 11.6. The van der Waals surface area contributed by atoms with Gasteiger partial charge in [-0.2, -0.15) is 0 Å². The normalized spacial score (nSPS) is 30.7. The second kappa shape index (κ2) is 6.85. The Bertz CT molecular complexity index is 884. The van der Waals surface area contributed by atoms with Crippen LogP contribution in [0.3, 0.4) is 0 Å². The minimum atomic E-state index is 0.355. The van der Waals surface area contributed by atoms with Gasteiger partial charge in [0.2, 0.25) is 0 Å².